The van der Waals surface area contributed by atoms with Crippen LogP contribution in [0.5, 0.6) is 0 Å². The van der Waals surface area contributed by atoms with Gasteiger partial charge in [0.25, 0.3) is 0 Å². The van der Waals surface area contributed by atoms with Gasteiger partial charge in [0, 0.05) is 24.1 Å². The molecule has 0 saturated heterocycles. The van der Waals surface area contributed by atoms with E-state index < -0.39 is 99.3 Å². The van der Waals surface area contributed by atoms with E-state index >= 15 is 0 Å². The van der Waals surface area contributed by atoms with E-state index in [-0.39, 0.29) is 41.3 Å². The van der Waals surface area contributed by atoms with Gasteiger partial charge in [0.2, 0.25) is 5.91 Å². The van der Waals surface area contributed by atoms with Crippen molar-refractivity contribution in [2.45, 2.75) is 79.9 Å². The summed E-state index contributed by atoms with van der Waals surface area (Å²) in [6, 6.07) is 0. The summed E-state index contributed by atoms with van der Waals surface area (Å²) in [6.45, 7) is 2.10. The molecule has 0 bridgehead atoms. The Bertz CT molecular complexity index is 1050. The number of halogens is 17. The first-order valence-electron chi connectivity index (χ1n) is 10.1. The van der Waals surface area contributed by atoms with Crippen LogP contribution in [0, 0.1) is 0 Å². The number of hydrogen-bond donors (Lipinski definition) is 1. The minimum Gasteiger partial charge on any atom is -0.748 e. The molecule has 1 amide bonds. The van der Waals surface area contributed by atoms with Gasteiger partial charge in [0.1, 0.15) is 0 Å². The smallest absolute Gasteiger partial charge is 0.748 e. The Morgan fingerprint density at radius 1 is 0.667 bits per heavy atom. The predicted octanol–water partition coefficient (Wildman–Crippen LogP) is 2.95. The fourth-order valence-electron chi connectivity index (χ4n) is 2.74. The fourth-order valence-corrected chi connectivity index (χ4v) is 4.63. The third-order valence-corrected chi connectivity index (χ3v) is 6.90. The molecule has 0 radical (unpaired) electrons. The van der Waals surface area contributed by atoms with Crippen LogP contribution < -0.4 is 34.9 Å². The molecule has 0 heterocycles. The summed E-state index contributed by atoms with van der Waals surface area (Å²) in [5.41, 5.74) is -1.67. The summed E-state index contributed by atoms with van der Waals surface area (Å²) >= 11 is 0.0189. The summed E-state index contributed by atoms with van der Waals surface area (Å²) < 4.78 is 257. The number of alkyl halides is 17. The normalized spacial score (nSPS) is 15.3. The summed E-state index contributed by atoms with van der Waals surface area (Å²) in [6.07, 6.45) is -11.2. The maximum absolute atomic E-state index is 13.8. The number of carbonyl (C=O) groups is 1. The van der Waals surface area contributed by atoms with Gasteiger partial charge in [-0.05, 0) is 19.6 Å². The van der Waals surface area contributed by atoms with E-state index in [0.29, 0.717) is 0 Å². The van der Waals surface area contributed by atoms with Crippen LogP contribution in [0.2, 0.25) is 0 Å². The Hall–Kier alpha value is -0.460. The molecule has 0 aromatic carbocycles. The van der Waals surface area contributed by atoms with E-state index in [2.05, 4.69) is 0 Å². The van der Waals surface area contributed by atoms with Crippen LogP contribution in [0.1, 0.15) is 26.7 Å². The molecule has 1 N–H and O–H groups in total. The molecule has 0 aliphatic rings. The SMILES string of the molecule is CC(C)(CS(=O)(=O)[O-])NC(=O)CCSCCC(F)(F)C(F)(F)C(F)(F)C(F)(F)C(F)(F)C(F)(F)C(F)(F)C(F)(F)F.[Na+]. The van der Waals surface area contributed by atoms with Crippen molar-refractivity contribution in [2.75, 3.05) is 17.3 Å². The topological polar surface area (TPSA) is 86.3 Å². The van der Waals surface area contributed by atoms with Crippen LogP contribution in [0.25, 0.3) is 0 Å². The van der Waals surface area contributed by atoms with Crippen molar-refractivity contribution in [2.24, 2.45) is 0 Å². The van der Waals surface area contributed by atoms with E-state index in [0.717, 1.165) is 13.8 Å². The third kappa shape index (κ3) is 8.62. The van der Waals surface area contributed by atoms with Gasteiger partial charge in [-0.2, -0.15) is 86.4 Å². The summed E-state index contributed by atoms with van der Waals surface area (Å²) in [4.78, 5) is 11.7. The van der Waals surface area contributed by atoms with E-state index in [9.17, 15) is 92.4 Å². The molecule has 42 heavy (non-hydrogen) atoms. The standard InChI is InChI=1S/C17H18F17NO4S2.Na/c1-9(2,7-41(37,38)39)35-8(36)3-5-40-6-4-10(18,19)11(20,21)12(22,23)13(24,25)14(26,27)15(28,29)16(30,31)17(32,33)34;/h3-7H2,1-2H3,(H,35,36)(H,37,38,39);/q;+1/p-1. The minimum atomic E-state index is -8.69. The molecule has 246 valence electrons. The maximum Gasteiger partial charge on any atom is 1.00 e. The number of nitrogens with one attached hydrogen (secondary N) is 1. The van der Waals surface area contributed by atoms with Gasteiger partial charge in [-0.25, -0.2) is 8.42 Å². The van der Waals surface area contributed by atoms with Gasteiger partial charge in [0.05, 0.1) is 15.9 Å². The largest absolute Gasteiger partial charge is 1.00 e. The molecular weight excluding hydrogens is 692 g/mol. The quantitative estimate of drug-likeness (QED) is 0.123. The average molecular weight is 709 g/mol. The predicted molar refractivity (Wildman–Crippen MR) is 104 cm³/mol. The Kier molecular flexibility index (Phi) is 13.6. The van der Waals surface area contributed by atoms with Crippen LogP contribution in [0.3, 0.4) is 0 Å². The van der Waals surface area contributed by atoms with E-state index in [1.54, 1.807) is 0 Å². The summed E-state index contributed by atoms with van der Waals surface area (Å²) in [7, 11) is -4.86. The zero-order valence-electron chi connectivity index (χ0n) is 20.9. The van der Waals surface area contributed by atoms with E-state index in [1.165, 1.54) is 0 Å². The van der Waals surface area contributed by atoms with Crippen LogP contribution >= 0.6 is 11.8 Å². The Balaban J connectivity index is 0. The molecule has 0 rings (SSSR count). The Morgan fingerprint density at radius 2 is 1.02 bits per heavy atom. The van der Waals surface area contributed by atoms with Gasteiger partial charge >= 0.3 is 77.2 Å². The van der Waals surface area contributed by atoms with Gasteiger partial charge in [-0.1, -0.05) is 0 Å². The van der Waals surface area contributed by atoms with Gasteiger partial charge in [0.15, 0.2) is 0 Å². The van der Waals surface area contributed by atoms with Gasteiger partial charge in [-0.3, -0.25) is 4.79 Å². The van der Waals surface area contributed by atoms with Crippen molar-refractivity contribution in [3.8, 4) is 0 Å². The van der Waals surface area contributed by atoms with Crippen molar-refractivity contribution in [1.29, 1.82) is 0 Å². The summed E-state index contributed by atoms with van der Waals surface area (Å²) in [5.74, 6) is -61.1. The zero-order chi connectivity index (χ0) is 33.5. The molecule has 0 aliphatic heterocycles. The molecule has 0 saturated carbocycles. The minimum absolute atomic E-state index is 0. The molecule has 5 nitrogen and oxygen atoms in total. The molecule has 0 aromatic heterocycles. The van der Waals surface area contributed by atoms with Crippen molar-refractivity contribution < 1.29 is 122 Å². The fraction of sp³-hybridized carbons (Fsp3) is 0.941. The molecule has 0 spiro atoms. The molecule has 25 heteroatoms. The first-order valence-corrected chi connectivity index (χ1v) is 12.8. The first kappa shape index (κ1) is 43.7. The van der Waals surface area contributed by atoms with Crippen LogP contribution in [0.4, 0.5) is 74.6 Å². The van der Waals surface area contributed by atoms with Crippen molar-refractivity contribution in [1.82, 2.24) is 5.32 Å². The van der Waals surface area contributed by atoms with Crippen LogP contribution in [0.15, 0.2) is 0 Å². The number of carbonyl (C=O) groups excluding carboxylic acids is 1. The molecular formula is C17H17F17NNaO4S2. The van der Waals surface area contributed by atoms with E-state index in [4.69, 9.17) is 0 Å². The number of amides is 1. The monoisotopic (exact) mass is 709 g/mol. The van der Waals surface area contributed by atoms with Gasteiger partial charge in [-0.15, -0.1) is 0 Å². The second-order valence-electron chi connectivity index (χ2n) is 8.90. The zero-order valence-corrected chi connectivity index (χ0v) is 24.5. The van der Waals surface area contributed by atoms with Crippen LogP contribution in [-0.2, 0) is 14.9 Å². The number of rotatable bonds is 15. The van der Waals surface area contributed by atoms with E-state index in [1.807, 2.05) is 5.32 Å². The second kappa shape index (κ2) is 13.1. The second-order valence-corrected chi connectivity index (χ2v) is 11.5. The third-order valence-electron chi connectivity index (χ3n) is 4.84. The Labute approximate surface area is 251 Å². The van der Waals surface area contributed by atoms with Gasteiger partial charge < -0.3 is 9.87 Å². The molecule has 0 aliphatic carbocycles. The molecule has 0 unspecified atom stereocenters. The first-order chi connectivity index (χ1) is 17.6. The Morgan fingerprint density at radius 3 is 1.38 bits per heavy atom. The molecule has 0 atom stereocenters. The molecule has 0 fully saturated rings. The van der Waals surface area contributed by atoms with Crippen LogP contribution in [-0.4, -0.2) is 89.3 Å². The average Bonchev–Trinajstić information content (AvgIpc) is 2.69. The number of thioether (sulfide) groups is 1. The van der Waals surface area contributed by atoms with Crippen molar-refractivity contribution in [3.63, 3.8) is 0 Å². The van der Waals surface area contributed by atoms with Crippen molar-refractivity contribution in [3.05, 3.63) is 0 Å². The maximum atomic E-state index is 13.8. The summed E-state index contributed by atoms with van der Waals surface area (Å²) in [5, 5.41) is 1.99. The van der Waals surface area contributed by atoms with Crippen molar-refractivity contribution >= 4 is 27.8 Å². The molecule has 0 aromatic rings. The number of hydrogen-bond acceptors (Lipinski definition) is 5.